The number of hydrogen-bond acceptors (Lipinski definition) is 5. The zero-order valence-corrected chi connectivity index (χ0v) is 14.7. The van der Waals surface area contributed by atoms with Gasteiger partial charge in [0.1, 0.15) is 0 Å². The van der Waals surface area contributed by atoms with Crippen LogP contribution in [0, 0.1) is 5.92 Å². The summed E-state index contributed by atoms with van der Waals surface area (Å²) in [7, 11) is 0. The van der Waals surface area contributed by atoms with Crippen molar-refractivity contribution in [2.24, 2.45) is 5.92 Å². The van der Waals surface area contributed by atoms with E-state index < -0.39 is 0 Å². The maximum Gasteiger partial charge on any atom is 0.230 e. The molecule has 1 aromatic rings. The van der Waals surface area contributed by atoms with Crippen LogP contribution in [0.15, 0.2) is 5.16 Å². The topological polar surface area (TPSA) is 85.8 Å². The monoisotopic (exact) mass is 325 g/mol. The zero-order valence-electron chi connectivity index (χ0n) is 13.9. The number of nitrogen functional groups attached to an aromatic ring is 1. The first-order valence-electron chi connectivity index (χ1n) is 7.92. The summed E-state index contributed by atoms with van der Waals surface area (Å²) in [6, 6.07) is 0.308. The summed E-state index contributed by atoms with van der Waals surface area (Å²) in [4.78, 5) is 12.1. The fraction of sp³-hybridized carbons (Fsp3) is 0.800. The van der Waals surface area contributed by atoms with Crippen LogP contribution in [0.25, 0.3) is 0 Å². The minimum Gasteiger partial charge on any atom is -0.352 e. The summed E-state index contributed by atoms with van der Waals surface area (Å²) < 4.78 is 1.49. The van der Waals surface area contributed by atoms with Gasteiger partial charge in [0, 0.05) is 11.5 Å². The fourth-order valence-corrected chi connectivity index (χ4v) is 3.46. The molecule has 0 saturated heterocycles. The van der Waals surface area contributed by atoms with Gasteiger partial charge in [-0.15, -0.1) is 10.2 Å². The third kappa shape index (κ3) is 4.15. The van der Waals surface area contributed by atoms with E-state index in [0.29, 0.717) is 22.9 Å². The van der Waals surface area contributed by atoms with Crippen LogP contribution in [0.5, 0.6) is 0 Å². The summed E-state index contributed by atoms with van der Waals surface area (Å²) in [5.74, 6) is 7.67. The number of thioether (sulfide) groups is 1. The van der Waals surface area contributed by atoms with E-state index in [1.165, 1.54) is 35.7 Å². The number of nitrogens with one attached hydrogen (secondary N) is 1. The van der Waals surface area contributed by atoms with Crippen LogP contribution in [0.2, 0.25) is 0 Å². The number of carbonyl (C=O) groups is 1. The van der Waals surface area contributed by atoms with Crippen LogP contribution in [-0.4, -0.2) is 32.6 Å². The maximum absolute atomic E-state index is 12.1. The van der Waals surface area contributed by atoms with Crippen LogP contribution >= 0.6 is 11.8 Å². The smallest absolute Gasteiger partial charge is 0.230 e. The Bertz CT molecular complexity index is 522. The van der Waals surface area contributed by atoms with Crippen LogP contribution in [0.4, 0.5) is 0 Å². The Morgan fingerprint density at radius 3 is 2.64 bits per heavy atom. The summed E-state index contributed by atoms with van der Waals surface area (Å²) in [5, 5.41) is 11.9. The molecule has 22 heavy (non-hydrogen) atoms. The first-order chi connectivity index (χ1) is 10.3. The van der Waals surface area contributed by atoms with Gasteiger partial charge in [0.2, 0.25) is 11.1 Å². The molecule has 124 valence electrons. The van der Waals surface area contributed by atoms with Gasteiger partial charge in [-0.2, -0.15) is 0 Å². The highest BCUT2D eigenvalue weighted by atomic mass is 32.2. The van der Waals surface area contributed by atoms with E-state index in [0.717, 1.165) is 12.2 Å². The summed E-state index contributed by atoms with van der Waals surface area (Å²) in [5.41, 5.74) is -0.166. The molecule has 1 aromatic heterocycles. The van der Waals surface area contributed by atoms with Crippen molar-refractivity contribution in [3.05, 3.63) is 5.82 Å². The molecule has 2 rings (SSSR count). The van der Waals surface area contributed by atoms with Gasteiger partial charge in [-0.3, -0.25) is 4.79 Å². The molecule has 1 fully saturated rings. The molecule has 1 saturated carbocycles. The molecular weight excluding hydrogens is 298 g/mol. The molecule has 0 bridgehead atoms. The van der Waals surface area contributed by atoms with Crippen molar-refractivity contribution in [3.8, 4) is 0 Å². The van der Waals surface area contributed by atoms with Crippen LogP contribution in [0.1, 0.15) is 59.2 Å². The van der Waals surface area contributed by atoms with Gasteiger partial charge >= 0.3 is 0 Å². The molecule has 0 spiro atoms. The lowest BCUT2D eigenvalue weighted by Gasteiger charge is -2.29. The lowest BCUT2D eigenvalue weighted by atomic mass is 9.86. The molecule has 7 heteroatoms. The minimum atomic E-state index is -0.166. The Hall–Kier alpha value is -1.24. The number of nitrogens with two attached hydrogens (primary N) is 1. The number of hydrogen-bond donors (Lipinski definition) is 2. The molecule has 0 aromatic carbocycles. The van der Waals surface area contributed by atoms with Gasteiger partial charge < -0.3 is 11.2 Å². The van der Waals surface area contributed by atoms with Gasteiger partial charge in [0.25, 0.3) is 0 Å². The second kappa shape index (κ2) is 6.89. The largest absolute Gasteiger partial charge is 0.352 e. The first-order valence-corrected chi connectivity index (χ1v) is 8.90. The highest BCUT2D eigenvalue weighted by molar-refractivity contribution is 7.99. The lowest BCUT2D eigenvalue weighted by molar-refractivity contribution is -0.119. The third-order valence-corrected chi connectivity index (χ3v) is 5.07. The number of amides is 1. The molecule has 6 nitrogen and oxygen atoms in total. The Labute approximate surface area is 136 Å². The molecule has 0 unspecified atom stereocenters. The average Bonchev–Trinajstić information content (AvgIpc) is 2.80. The van der Waals surface area contributed by atoms with Crippen molar-refractivity contribution < 1.29 is 4.79 Å². The standard InChI is InChI=1S/C15H27N5OS/c1-10-7-5-6-8-11(10)17-12(21)9-22-14-19-18-13(20(14)16)15(2,3)4/h10-11H,5-9,16H2,1-4H3,(H,17,21)/t10-,11-/m0/s1. The molecule has 1 aliphatic rings. The maximum atomic E-state index is 12.1. The predicted octanol–water partition coefficient (Wildman–Crippen LogP) is 2.08. The van der Waals surface area contributed by atoms with Gasteiger partial charge in [0.05, 0.1) is 5.75 Å². The number of aromatic nitrogens is 3. The van der Waals surface area contributed by atoms with Crippen molar-refractivity contribution >= 4 is 17.7 Å². The van der Waals surface area contributed by atoms with Crippen LogP contribution in [0.3, 0.4) is 0 Å². The first kappa shape index (κ1) is 17.1. The van der Waals surface area contributed by atoms with Crippen molar-refractivity contribution in [2.75, 3.05) is 11.6 Å². The predicted molar refractivity (Wildman–Crippen MR) is 89.2 cm³/mol. The summed E-state index contributed by atoms with van der Waals surface area (Å²) in [6.45, 7) is 8.31. The van der Waals surface area contributed by atoms with Crippen molar-refractivity contribution in [1.29, 1.82) is 0 Å². The average molecular weight is 325 g/mol. The van der Waals surface area contributed by atoms with E-state index in [2.05, 4.69) is 22.4 Å². The van der Waals surface area contributed by atoms with E-state index in [4.69, 9.17) is 5.84 Å². The van der Waals surface area contributed by atoms with Crippen LogP contribution < -0.4 is 11.2 Å². The zero-order chi connectivity index (χ0) is 16.3. The van der Waals surface area contributed by atoms with Gasteiger partial charge in [0.15, 0.2) is 5.82 Å². The van der Waals surface area contributed by atoms with Crippen molar-refractivity contribution in [3.63, 3.8) is 0 Å². The highest BCUT2D eigenvalue weighted by Crippen LogP contribution is 2.25. The van der Waals surface area contributed by atoms with Gasteiger partial charge in [-0.1, -0.05) is 52.3 Å². The fourth-order valence-electron chi connectivity index (χ4n) is 2.80. The molecular formula is C15H27N5OS. The third-order valence-electron chi connectivity index (χ3n) is 4.13. The molecule has 0 aliphatic heterocycles. The van der Waals surface area contributed by atoms with E-state index >= 15 is 0 Å². The normalized spacial score (nSPS) is 22.5. The minimum absolute atomic E-state index is 0.0454. The Morgan fingerprint density at radius 2 is 2.05 bits per heavy atom. The molecule has 0 radical (unpaired) electrons. The highest BCUT2D eigenvalue weighted by Gasteiger charge is 2.25. The molecule has 2 atom stereocenters. The summed E-state index contributed by atoms with van der Waals surface area (Å²) >= 11 is 1.33. The molecule has 3 N–H and O–H groups in total. The summed E-state index contributed by atoms with van der Waals surface area (Å²) in [6.07, 6.45) is 4.76. The van der Waals surface area contributed by atoms with Crippen molar-refractivity contribution in [2.45, 2.75) is 70.0 Å². The lowest BCUT2D eigenvalue weighted by Crippen LogP contribution is -2.41. The van der Waals surface area contributed by atoms with E-state index in [1.807, 2.05) is 20.8 Å². The van der Waals surface area contributed by atoms with Gasteiger partial charge in [-0.25, -0.2) is 4.68 Å². The van der Waals surface area contributed by atoms with E-state index in [1.54, 1.807) is 0 Å². The van der Waals surface area contributed by atoms with Gasteiger partial charge in [-0.05, 0) is 18.8 Å². The van der Waals surface area contributed by atoms with E-state index in [9.17, 15) is 4.79 Å². The Morgan fingerprint density at radius 1 is 1.36 bits per heavy atom. The van der Waals surface area contributed by atoms with Crippen LogP contribution in [-0.2, 0) is 10.2 Å². The van der Waals surface area contributed by atoms with E-state index in [-0.39, 0.29) is 11.3 Å². The second-order valence-corrected chi connectivity index (χ2v) is 8.09. The SMILES string of the molecule is C[C@H]1CCCC[C@@H]1NC(=O)CSc1nnc(C(C)(C)C)n1N. The Balaban J connectivity index is 1.87. The number of nitrogens with zero attached hydrogens (tertiary/aromatic N) is 3. The van der Waals surface area contributed by atoms with Crippen molar-refractivity contribution in [1.82, 2.24) is 20.2 Å². The molecule has 1 amide bonds. The number of carbonyl (C=O) groups excluding carboxylic acids is 1. The quantitative estimate of drug-likeness (QED) is 0.654. The Kier molecular flexibility index (Phi) is 5.36. The molecule has 1 heterocycles. The number of rotatable bonds is 4. The second-order valence-electron chi connectivity index (χ2n) is 7.15. The molecule has 1 aliphatic carbocycles.